The molecule has 2 amide bonds. The third kappa shape index (κ3) is 7.23. The van der Waals surface area contributed by atoms with Gasteiger partial charge in [0.1, 0.15) is 11.8 Å². The predicted octanol–water partition coefficient (Wildman–Crippen LogP) is 5.77. The second kappa shape index (κ2) is 12.6. The van der Waals surface area contributed by atoms with Gasteiger partial charge in [-0.15, -0.1) is 0 Å². The van der Waals surface area contributed by atoms with E-state index >= 15 is 0 Å². The zero-order chi connectivity index (χ0) is 25.4. The van der Waals surface area contributed by atoms with Gasteiger partial charge in [0.15, 0.2) is 6.61 Å². The first-order chi connectivity index (χ1) is 16.8. The van der Waals surface area contributed by atoms with Gasteiger partial charge in [-0.2, -0.15) is 0 Å². The minimum absolute atomic E-state index is 0.139. The van der Waals surface area contributed by atoms with Crippen LogP contribution in [0.25, 0.3) is 0 Å². The lowest BCUT2D eigenvalue weighted by Crippen LogP contribution is -2.51. The summed E-state index contributed by atoms with van der Waals surface area (Å²) in [6, 6.07) is 19.7. The number of carbonyl (C=O) groups is 2. The fraction of sp³-hybridized carbons (Fsp3) is 0.286. The fourth-order valence-electron chi connectivity index (χ4n) is 3.78. The molecule has 0 aliphatic rings. The summed E-state index contributed by atoms with van der Waals surface area (Å²) in [5.74, 6) is 0.0890. The van der Waals surface area contributed by atoms with Crippen molar-refractivity contribution in [2.45, 2.75) is 39.8 Å². The summed E-state index contributed by atoms with van der Waals surface area (Å²) in [6.07, 6.45) is 0.354. The van der Waals surface area contributed by atoms with E-state index in [4.69, 9.17) is 27.9 Å². The molecule has 0 saturated carbocycles. The monoisotopic (exact) mass is 512 g/mol. The van der Waals surface area contributed by atoms with Crippen LogP contribution in [0.2, 0.25) is 10.0 Å². The lowest BCUT2D eigenvalue weighted by Gasteiger charge is -2.31. The summed E-state index contributed by atoms with van der Waals surface area (Å²) in [5.41, 5.74) is 3.68. The van der Waals surface area contributed by atoms with E-state index in [0.29, 0.717) is 34.3 Å². The Morgan fingerprint density at radius 3 is 2.43 bits per heavy atom. The van der Waals surface area contributed by atoms with Crippen LogP contribution in [0.1, 0.15) is 29.2 Å². The number of amides is 2. The highest BCUT2D eigenvalue weighted by atomic mass is 35.5. The maximum absolute atomic E-state index is 13.6. The molecule has 1 unspecified atom stereocenters. The molecule has 3 aromatic rings. The van der Waals surface area contributed by atoms with Gasteiger partial charge in [-0.05, 0) is 61.2 Å². The number of rotatable bonds is 10. The van der Waals surface area contributed by atoms with E-state index < -0.39 is 6.04 Å². The number of hydrogen-bond acceptors (Lipinski definition) is 3. The summed E-state index contributed by atoms with van der Waals surface area (Å²) in [7, 11) is 0. The molecule has 5 nitrogen and oxygen atoms in total. The Morgan fingerprint density at radius 1 is 1.00 bits per heavy atom. The zero-order valence-electron chi connectivity index (χ0n) is 20.2. The summed E-state index contributed by atoms with van der Waals surface area (Å²) >= 11 is 12.5. The number of aryl methyl sites for hydroxylation is 1. The average molecular weight is 513 g/mol. The number of carbonyl (C=O) groups excluding carboxylic acids is 2. The molecule has 184 valence electrons. The van der Waals surface area contributed by atoms with Crippen molar-refractivity contribution >= 4 is 35.0 Å². The van der Waals surface area contributed by atoms with E-state index in [9.17, 15) is 9.59 Å². The number of ether oxygens (including phenoxy) is 1. The van der Waals surface area contributed by atoms with Crippen molar-refractivity contribution in [1.29, 1.82) is 0 Å². The molecule has 3 aromatic carbocycles. The molecule has 1 N–H and O–H groups in total. The number of likely N-dealkylation sites (N-methyl/N-ethyl adjacent to an activating group) is 1. The van der Waals surface area contributed by atoms with E-state index in [1.54, 1.807) is 18.2 Å². The van der Waals surface area contributed by atoms with Crippen LogP contribution in [-0.4, -0.2) is 35.9 Å². The fourth-order valence-corrected chi connectivity index (χ4v) is 4.25. The van der Waals surface area contributed by atoms with Crippen LogP contribution in [-0.2, 0) is 22.6 Å². The molecule has 7 heteroatoms. The van der Waals surface area contributed by atoms with Crippen molar-refractivity contribution < 1.29 is 14.3 Å². The second-order valence-corrected chi connectivity index (χ2v) is 9.19. The highest BCUT2D eigenvalue weighted by Gasteiger charge is 2.31. The Balaban J connectivity index is 1.94. The Labute approximate surface area is 217 Å². The molecular weight excluding hydrogens is 483 g/mol. The first-order valence-electron chi connectivity index (χ1n) is 11.5. The van der Waals surface area contributed by atoms with Crippen LogP contribution in [0.15, 0.2) is 66.7 Å². The molecule has 0 fully saturated rings. The summed E-state index contributed by atoms with van der Waals surface area (Å²) in [5, 5.41) is 3.80. The predicted molar refractivity (Wildman–Crippen MR) is 141 cm³/mol. The summed E-state index contributed by atoms with van der Waals surface area (Å²) < 4.78 is 5.91. The normalized spacial score (nSPS) is 11.6. The van der Waals surface area contributed by atoms with Gasteiger partial charge in [-0.3, -0.25) is 9.59 Å². The van der Waals surface area contributed by atoms with Crippen LogP contribution in [0.4, 0.5) is 0 Å². The minimum Gasteiger partial charge on any atom is -0.483 e. The Hall–Kier alpha value is -3.02. The first-order valence-corrected chi connectivity index (χ1v) is 12.3. The molecule has 1 atom stereocenters. The Morgan fingerprint density at radius 2 is 1.74 bits per heavy atom. The van der Waals surface area contributed by atoms with Crippen LogP contribution >= 0.6 is 23.2 Å². The van der Waals surface area contributed by atoms with Crippen molar-refractivity contribution in [1.82, 2.24) is 10.2 Å². The van der Waals surface area contributed by atoms with Gasteiger partial charge in [0, 0.05) is 29.6 Å². The summed E-state index contributed by atoms with van der Waals surface area (Å²) in [6.45, 7) is 6.17. The van der Waals surface area contributed by atoms with Gasteiger partial charge in [-0.25, -0.2) is 0 Å². The van der Waals surface area contributed by atoms with E-state index in [1.807, 2.05) is 69.3 Å². The van der Waals surface area contributed by atoms with E-state index in [0.717, 1.165) is 16.7 Å². The van der Waals surface area contributed by atoms with Crippen LogP contribution in [0.3, 0.4) is 0 Å². The molecule has 0 spiro atoms. The Bertz CT molecular complexity index is 1170. The molecule has 0 saturated heterocycles. The largest absolute Gasteiger partial charge is 0.483 e. The minimum atomic E-state index is -0.751. The van der Waals surface area contributed by atoms with Crippen molar-refractivity contribution in [3.05, 3.63) is 99.0 Å². The topological polar surface area (TPSA) is 58.6 Å². The number of hydrogen-bond donors (Lipinski definition) is 1. The second-order valence-electron chi connectivity index (χ2n) is 8.34. The molecule has 3 rings (SSSR count). The van der Waals surface area contributed by atoms with E-state index in [2.05, 4.69) is 5.32 Å². The molecule has 0 aromatic heterocycles. The lowest BCUT2D eigenvalue weighted by atomic mass is 10.0. The van der Waals surface area contributed by atoms with Crippen molar-refractivity contribution in [3.8, 4) is 5.75 Å². The number of nitrogens with zero attached hydrogens (tertiary/aromatic N) is 1. The molecule has 0 heterocycles. The average Bonchev–Trinajstić information content (AvgIpc) is 2.84. The molecule has 0 bridgehead atoms. The number of benzene rings is 3. The molecular formula is C28H30Cl2N2O3. The van der Waals surface area contributed by atoms with Gasteiger partial charge >= 0.3 is 0 Å². The van der Waals surface area contributed by atoms with Crippen LogP contribution in [0.5, 0.6) is 5.75 Å². The van der Waals surface area contributed by atoms with Crippen molar-refractivity contribution in [3.63, 3.8) is 0 Å². The highest BCUT2D eigenvalue weighted by Crippen LogP contribution is 2.25. The lowest BCUT2D eigenvalue weighted by molar-refractivity contribution is -0.142. The van der Waals surface area contributed by atoms with Crippen molar-refractivity contribution in [2.24, 2.45) is 0 Å². The molecule has 0 aliphatic heterocycles. The van der Waals surface area contributed by atoms with Gasteiger partial charge in [0.05, 0.1) is 0 Å². The van der Waals surface area contributed by atoms with Crippen molar-refractivity contribution in [2.75, 3.05) is 13.2 Å². The zero-order valence-corrected chi connectivity index (χ0v) is 21.7. The Kier molecular flexibility index (Phi) is 9.58. The SMILES string of the molecule is CCNC(=O)C(Cc1ccccc1)N(Cc1ccc(Cl)cc1Cl)C(=O)COc1cccc(C)c1C. The van der Waals surface area contributed by atoms with Gasteiger partial charge in [0.2, 0.25) is 5.91 Å². The first kappa shape index (κ1) is 26.6. The maximum Gasteiger partial charge on any atom is 0.261 e. The smallest absolute Gasteiger partial charge is 0.261 e. The van der Waals surface area contributed by atoms with Crippen LogP contribution in [0, 0.1) is 13.8 Å². The third-order valence-electron chi connectivity index (χ3n) is 5.88. The molecule has 0 aliphatic carbocycles. The standard InChI is InChI=1S/C28H30Cl2N2O3/c1-4-31-28(34)25(15-21-10-6-5-7-11-21)32(17-22-13-14-23(29)16-24(22)30)27(33)18-35-26-12-8-9-19(2)20(26)3/h5-14,16,25H,4,15,17-18H2,1-3H3,(H,31,34). The summed E-state index contributed by atoms with van der Waals surface area (Å²) in [4.78, 5) is 28.3. The van der Waals surface area contributed by atoms with Crippen LogP contribution < -0.4 is 10.1 Å². The van der Waals surface area contributed by atoms with E-state index in [1.165, 1.54) is 4.90 Å². The maximum atomic E-state index is 13.6. The highest BCUT2D eigenvalue weighted by molar-refractivity contribution is 6.35. The number of halogens is 2. The van der Waals surface area contributed by atoms with Gasteiger partial charge < -0.3 is 15.0 Å². The molecule has 35 heavy (non-hydrogen) atoms. The van der Waals surface area contributed by atoms with Gasteiger partial charge in [-0.1, -0.05) is 71.7 Å². The quantitative estimate of drug-likeness (QED) is 0.375. The number of nitrogens with one attached hydrogen (secondary N) is 1. The molecule has 0 radical (unpaired) electrons. The van der Waals surface area contributed by atoms with Gasteiger partial charge in [0.25, 0.3) is 5.91 Å². The third-order valence-corrected chi connectivity index (χ3v) is 6.47. The van der Waals surface area contributed by atoms with E-state index in [-0.39, 0.29) is 25.0 Å².